The molecule has 1 aromatic rings. The number of amides is 2. The molecule has 0 radical (unpaired) electrons. The average molecular weight is 375 g/mol. The third kappa shape index (κ3) is 7.50. The molecule has 0 fully saturated rings. The highest BCUT2D eigenvalue weighted by molar-refractivity contribution is 7.99. The van der Waals surface area contributed by atoms with Crippen molar-refractivity contribution in [2.24, 2.45) is 0 Å². The third-order valence-electron chi connectivity index (χ3n) is 3.16. The van der Waals surface area contributed by atoms with Crippen molar-refractivity contribution >= 4 is 40.3 Å². The van der Waals surface area contributed by atoms with Crippen LogP contribution >= 0.6 is 23.3 Å². The smallest absolute Gasteiger partial charge is 0.341 e. The second-order valence-corrected chi connectivity index (χ2v) is 7.45. The second-order valence-electron chi connectivity index (χ2n) is 5.59. The van der Waals surface area contributed by atoms with E-state index in [1.807, 2.05) is 19.0 Å². The Morgan fingerprint density at radius 3 is 2.67 bits per heavy atom. The van der Waals surface area contributed by atoms with E-state index in [0.717, 1.165) is 49.5 Å². The van der Waals surface area contributed by atoms with Crippen LogP contribution in [0.15, 0.2) is 5.03 Å². The highest BCUT2D eigenvalue weighted by Crippen LogP contribution is 2.32. The van der Waals surface area contributed by atoms with Gasteiger partial charge in [0.2, 0.25) is 0 Å². The van der Waals surface area contributed by atoms with Crippen molar-refractivity contribution in [1.82, 2.24) is 14.6 Å². The molecule has 7 nitrogen and oxygen atoms in total. The van der Waals surface area contributed by atoms with Crippen LogP contribution in [-0.4, -0.2) is 59.3 Å². The van der Waals surface area contributed by atoms with Gasteiger partial charge in [-0.15, -0.1) is 11.8 Å². The molecule has 1 aromatic heterocycles. The van der Waals surface area contributed by atoms with Crippen LogP contribution in [-0.2, 0) is 0 Å². The Hall–Kier alpha value is -1.32. The van der Waals surface area contributed by atoms with Crippen LogP contribution in [0.2, 0.25) is 0 Å². The summed E-state index contributed by atoms with van der Waals surface area (Å²) in [6.07, 6.45) is 4.07. The molecule has 0 saturated heterocycles. The van der Waals surface area contributed by atoms with Gasteiger partial charge in [0.15, 0.2) is 0 Å². The molecular weight excluding hydrogens is 348 g/mol. The number of rotatable bonds is 11. The molecule has 2 amide bonds. The summed E-state index contributed by atoms with van der Waals surface area (Å²) >= 11 is 2.44. The number of carbonyl (C=O) groups excluding carboxylic acids is 1. The highest BCUT2D eigenvalue weighted by atomic mass is 32.2. The number of hydrogen-bond acceptors (Lipinski definition) is 6. The Bertz CT molecular complexity index is 535. The minimum absolute atomic E-state index is 0.0879. The lowest BCUT2D eigenvalue weighted by Gasteiger charge is -2.10. The van der Waals surface area contributed by atoms with Crippen LogP contribution in [0.3, 0.4) is 0 Å². The summed E-state index contributed by atoms with van der Waals surface area (Å²) in [7, 11) is 3.94. The number of carboxylic acid groups (broad SMARTS) is 1. The van der Waals surface area contributed by atoms with Gasteiger partial charge in [0.1, 0.15) is 15.6 Å². The van der Waals surface area contributed by atoms with Crippen LogP contribution in [0.1, 0.15) is 43.0 Å². The Morgan fingerprint density at radius 1 is 1.29 bits per heavy atom. The molecule has 0 spiro atoms. The molecule has 0 aromatic carbocycles. The molecule has 0 saturated carbocycles. The molecule has 0 aliphatic rings. The van der Waals surface area contributed by atoms with Crippen molar-refractivity contribution in [2.45, 2.75) is 37.6 Å². The summed E-state index contributed by atoms with van der Waals surface area (Å²) in [6.45, 7) is 3.53. The first kappa shape index (κ1) is 20.7. The van der Waals surface area contributed by atoms with Gasteiger partial charge >= 0.3 is 12.0 Å². The Morgan fingerprint density at radius 2 is 2.04 bits per heavy atom. The highest BCUT2D eigenvalue weighted by Gasteiger charge is 2.22. The fourth-order valence-corrected chi connectivity index (χ4v) is 3.86. The monoisotopic (exact) mass is 374 g/mol. The van der Waals surface area contributed by atoms with Gasteiger partial charge in [-0.3, -0.25) is 5.32 Å². The van der Waals surface area contributed by atoms with E-state index in [-0.39, 0.29) is 10.6 Å². The molecular formula is C15H26N4O3S2. The molecule has 1 rings (SSSR count). The van der Waals surface area contributed by atoms with E-state index in [1.165, 1.54) is 11.8 Å². The molecule has 9 heteroatoms. The number of carboxylic acids is 1. The zero-order chi connectivity index (χ0) is 17.9. The summed E-state index contributed by atoms with van der Waals surface area (Å²) in [5, 5.41) is 15.5. The lowest BCUT2D eigenvalue weighted by molar-refractivity contribution is 0.0694. The Labute approximate surface area is 151 Å². The summed E-state index contributed by atoms with van der Waals surface area (Å²) in [5.41, 5.74) is 0.0879. The lowest BCUT2D eigenvalue weighted by Crippen LogP contribution is -2.31. The van der Waals surface area contributed by atoms with E-state index < -0.39 is 12.0 Å². The molecule has 1 heterocycles. The number of nitrogens with zero attached hydrogens (tertiary/aromatic N) is 2. The molecule has 0 bridgehead atoms. The van der Waals surface area contributed by atoms with E-state index in [1.54, 1.807) is 0 Å². The van der Waals surface area contributed by atoms with Gasteiger partial charge in [-0.25, -0.2) is 9.59 Å². The largest absolute Gasteiger partial charge is 0.477 e. The van der Waals surface area contributed by atoms with E-state index in [4.69, 9.17) is 0 Å². The maximum atomic E-state index is 11.9. The number of urea groups is 1. The first-order chi connectivity index (χ1) is 11.5. The van der Waals surface area contributed by atoms with Gasteiger partial charge in [-0.2, -0.15) is 4.37 Å². The van der Waals surface area contributed by atoms with Crippen molar-refractivity contribution in [1.29, 1.82) is 0 Å². The Balaban J connectivity index is 2.56. The summed E-state index contributed by atoms with van der Waals surface area (Å²) in [6, 6.07) is -0.401. The summed E-state index contributed by atoms with van der Waals surface area (Å²) < 4.78 is 4.18. The van der Waals surface area contributed by atoms with Gasteiger partial charge in [-0.05, 0) is 50.8 Å². The van der Waals surface area contributed by atoms with Crippen molar-refractivity contribution < 1.29 is 14.7 Å². The van der Waals surface area contributed by atoms with Gasteiger partial charge in [0.25, 0.3) is 0 Å². The van der Waals surface area contributed by atoms with E-state index in [2.05, 4.69) is 21.9 Å². The predicted molar refractivity (Wildman–Crippen MR) is 99.5 cm³/mol. The predicted octanol–water partition coefficient (Wildman–Crippen LogP) is 3.20. The summed E-state index contributed by atoms with van der Waals surface area (Å²) in [4.78, 5) is 25.4. The Kier molecular flexibility index (Phi) is 9.73. The third-order valence-corrected chi connectivity index (χ3v) is 5.10. The molecule has 0 unspecified atom stereocenters. The quantitative estimate of drug-likeness (QED) is 0.407. The topological polar surface area (TPSA) is 94.6 Å². The van der Waals surface area contributed by atoms with Crippen LogP contribution in [0.5, 0.6) is 0 Å². The van der Waals surface area contributed by atoms with Gasteiger partial charge in [0.05, 0.1) is 0 Å². The SMILES string of the molecule is CCCCCSc1nsc(NC(=O)NCCCN(C)C)c1C(=O)O. The number of nitrogens with one attached hydrogen (secondary N) is 2. The number of aromatic nitrogens is 1. The van der Waals surface area contributed by atoms with E-state index in [0.29, 0.717) is 11.6 Å². The van der Waals surface area contributed by atoms with E-state index >= 15 is 0 Å². The van der Waals surface area contributed by atoms with Crippen molar-refractivity contribution in [3.05, 3.63) is 5.56 Å². The zero-order valence-corrected chi connectivity index (χ0v) is 16.1. The minimum atomic E-state index is -1.07. The number of thioether (sulfide) groups is 1. The fraction of sp³-hybridized carbons (Fsp3) is 0.667. The number of unbranched alkanes of at least 4 members (excludes halogenated alkanes) is 2. The average Bonchev–Trinajstić information content (AvgIpc) is 2.90. The van der Waals surface area contributed by atoms with E-state index in [9.17, 15) is 14.7 Å². The maximum absolute atomic E-state index is 11.9. The first-order valence-electron chi connectivity index (χ1n) is 8.01. The van der Waals surface area contributed by atoms with Gasteiger partial charge in [0, 0.05) is 6.54 Å². The molecule has 24 heavy (non-hydrogen) atoms. The number of hydrogen-bond donors (Lipinski definition) is 3. The normalized spacial score (nSPS) is 10.8. The standard InChI is InChI=1S/C15H26N4O3S2/c1-4-5-6-10-23-13-11(14(20)21)12(24-18-13)17-15(22)16-8-7-9-19(2)3/h4-10H2,1-3H3,(H,20,21)(H2,16,17,22). The van der Waals surface area contributed by atoms with Gasteiger partial charge in [-0.1, -0.05) is 19.8 Å². The first-order valence-corrected chi connectivity index (χ1v) is 9.77. The fourth-order valence-electron chi connectivity index (χ4n) is 1.91. The number of anilines is 1. The zero-order valence-electron chi connectivity index (χ0n) is 14.4. The lowest BCUT2D eigenvalue weighted by atomic mass is 10.3. The molecule has 0 aliphatic heterocycles. The number of aromatic carboxylic acids is 1. The van der Waals surface area contributed by atoms with Crippen LogP contribution < -0.4 is 10.6 Å². The van der Waals surface area contributed by atoms with Crippen molar-refractivity contribution in [3.63, 3.8) is 0 Å². The van der Waals surface area contributed by atoms with Gasteiger partial charge < -0.3 is 15.3 Å². The molecule has 0 aliphatic carbocycles. The molecule has 0 atom stereocenters. The van der Waals surface area contributed by atoms with Crippen LogP contribution in [0.4, 0.5) is 9.80 Å². The maximum Gasteiger partial charge on any atom is 0.341 e. The molecule has 3 N–H and O–H groups in total. The van der Waals surface area contributed by atoms with Crippen molar-refractivity contribution in [3.8, 4) is 0 Å². The minimum Gasteiger partial charge on any atom is -0.477 e. The second kappa shape index (κ2) is 11.3. The summed E-state index contributed by atoms with van der Waals surface area (Å²) in [5.74, 6) is -0.238. The van der Waals surface area contributed by atoms with Crippen LogP contribution in [0, 0.1) is 0 Å². The van der Waals surface area contributed by atoms with Crippen LogP contribution in [0.25, 0.3) is 0 Å². The molecule has 136 valence electrons. The van der Waals surface area contributed by atoms with Crippen molar-refractivity contribution in [2.75, 3.05) is 38.3 Å². The number of carbonyl (C=O) groups is 2.